The molecule has 0 aliphatic carbocycles. The van der Waals surface area contributed by atoms with Gasteiger partial charge < -0.3 is 20.3 Å². The number of carbonyl (C=O) groups excluding carboxylic acids is 2. The van der Waals surface area contributed by atoms with Gasteiger partial charge in [0.1, 0.15) is 0 Å². The third-order valence-corrected chi connectivity index (χ3v) is 7.34. The number of anilines is 2. The van der Waals surface area contributed by atoms with Crippen LogP contribution < -0.4 is 10.6 Å². The minimum Gasteiger partial charge on any atom is -0.379 e. The van der Waals surface area contributed by atoms with E-state index in [-0.39, 0.29) is 12.5 Å². The fourth-order valence-electron chi connectivity index (χ4n) is 5.02. The van der Waals surface area contributed by atoms with Crippen LogP contribution in [0.15, 0.2) is 48.7 Å². The molecule has 0 bridgehead atoms. The molecule has 0 radical (unpaired) electrons. The molecule has 1 aromatic carbocycles. The maximum atomic E-state index is 12.5. The molecule has 1 saturated heterocycles. The normalized spacial score (nSPS) is 16.4. The molecular formula is C29H34F3N7O3. The lowest BCUT2D eigenvalue weighted by Gasteiger charge is -2.27. The van der Waals surface area contributed by atoms with E-state index in [0.29, 0.717) is 36.7 Å². The summed E-state index contributed by atoms with van der Waals surface area (Å²) in [6, 6.07) is 10.8. The summed E-state index contributed by atoms with van der Waals surface area (Å²) in [6.45, 7) is 5.52. The van der Waals surface area contributed by atoms with Gasteiger partial charge in [0, 0.05) is 62.2 Å². The average molecular weight is 586 g/mol. The van der Waals surface area contributed by atoms with E-state index >= 15 is 0 Å². The number of hydrogen-bond acceptors (Lipinski definition) is 7. The highest BCUT2D eigenvalue weighted by atomic mass is 19.4. The fraction of sp³-hybridized carbons (Fsp3) is 0.448. The van der Waals surface area contributed by atoms with E-state index in [2.05, 4.69) is 25.6 Å². The molecule has 1 fully saturated rings. The van der Waals surface area contributed by atoms with Gasteiger partial charge >= 0.3 is 6.18 Å². The first kappa shape index (κ1) is 29.5. The lowest BCUT2D eigenvalue weighted by molar-refractivity contribution is -0.148. The summed E-state index contributed by atoms with van der Waals surface area (Å²) in [6.07, 6.45) is -0.979. The van der Waals surface area contributed by atoms with Crippen LogP contribution in [0.4, 0.5) is 24.8 Å². The van der Waals surface area contributed by atoms with Crippen molar-refractivity contribution in [3.8, 4) is 0 Å². The number of ether oxygens (including phenoxy) is 1. The van der Waals surface area contributed by atoms with E-state index in [1.807, 2.05) is 18.2 Å². The van der Waals surface area contributed by atoms with Gasteiger partial charge in [-0.1, -0.05) is 6.08 Å². The molecule has 13 heteroatoms. The Labute approximate surface area is 241 Å². The molecule has 42 heavy (non-hydrogen) atoms. The number of morpholine rings is 1. The highest BCUT2D eigenvalue weighted by molar-refractivity contribution is 5.94. The Bertz CT molecular complexity index is 1420. The molecule has 2 aliphatic rings. The zero-order valence-corrected chi connectivity index (χ0v) is 23.2. The molecule has 2 amide bonds. The summed E-state index contributed by atoms with van der Waals surface area (Å²) in [4.78, 5) is 33.1. The number of benzene rings is 1. The van der Waals surface area contributed by atoms with E-state index in [0.717, 1.165) is 56.1 Å². The molecule has 2 aromatic heterocycles. The van der Waals surface area contributed by atoms with Gasteiger partial charge in [-0.25, -0.2) is 4.52 Å². The summed E-state index contributed by atoms with van der Waals surface area (Å²) < 4.78 is 44.5. The second-order valence-corrected chi connectivity index (χ2v) is 10.3. The number of halogens is 3. The maximum absolute atomic E-state index is 12.5. The molecular weight excluding hydrogens is 551 g/mol. The van der Waals surface area contributed by atoms with E-state index < -0.39 is 24.9 Å². The second-order valence-electron chi connectivity index (χ2n) is 10.3. The lowest BCUT2D eigenvalue weighted by atomic mass is 10.00. The molecule has 224 valence electrons. The number of alkyl halides is 3. The first-order valence-electron chi connectivity index (χ1n) is 14.1. The van der Waals surface area contributed by atoms with Crippen molar-refractivity contribution in [1.82, 2.24) is 29.7 Å². The van der Waals surface area contributed by atoms with Gasteiger partial charge in [-0.15, -0.1) is 5.10 Å². The van der Waals surface area contributed by atoms with Crippen molar-refractivity contribution in [2.75, 3.05) is 57.8 Å². The Morgan fingerprint density at radius 2 is 1.83 bits per heavy atom. The third-order valence-electron chi connectivity index (χ3n) is 7.34. The predicted molar refractivity (Wildman–Crippen MR) is 151 cm³/mol. The second kappa shape index (κ2) is 13.3. The smallest absolute Gasteiger partial charge is 0.379 e. The van der Waals surface area contributed by atoms with Gasteiger partial charge in [-0.05, 0) is 61.4 Å². The molecule has 10 nitrogen and oxygen atoms in total. The molecule has 0 spiro atoms. The molecule has 0 unspecified atom stereocenters. The number of fused-ring (bicyclic) bond motifs is 1. The minimum absolute atomic E-state index is 0.125. The molecule has 4 heterocycles. The van der Waals surface area contributed by atoms with Crippen molar-refractivity contribution in [2.45, 2.75) is 31.9 Å². The first-order valence-corrected chi connectivity index (χ1v) is 14.1. The average Bonchev–Trinajstić information content (AvgIpc) is 3.41. The number of nitrogens with zero attached hydrogens (tertiary/aromatic N) is 5. The van der Waals surface area contributed by atoms with Crippen molar-refractivity contribution >= 4 is 34.7 Å². The first-order chi connectivity index (χ1) is 20.2. The molecule has 3 aromatic rings. The van der Waals surface area contributed by atoms with Crippen molar-refractivity contribution in [3.05, 3.63) is 59.8 Å². The predicted octanol–water partition coefficient (Wildman–Crippen LogP) is 3.88. The summed E-state index contributed by atoms with van der Waals surface area (Å²) in [5, 5.41) is 10.6. The standard InChI is InChI=1S/C29H34F3N7O3/c30-29(31,32)11-8-25(40)38-15-9-21(10-16-38)24-3-1-14-39-26(24)35-28(36-39)34-23-6-4-22(5-7-23)27(41)33-12-2-13-37-17-19-42-20-18-37/h1,3-7,9,14H,2,8,10-13,15-20H2,(H,33,41)(H,34,36). The number of hydrogen-bond donors (Lipinski definition) is 2. The minimum atomic E-state index is -4.35. The monoisotopic (exact) mass is 585 g/mol. The summed E-state index contributed by atoms with van der Waals surface area (Å²) in [5.41, 5.74) is 3.71. The topological polar surface area (TPSA) is 104 Å². The van der Waals surface area contributed by atoms with Gasteiger partial charge in [-0.2, -0.15) is 18.2 Å². The van der Waals surface area contributed by atoms with Crippen LogP contribution in [0.25, 0.3) is 11.2 Å². The number of pyridine rings is 1. The van der Waals surface area contributed by atoms with Crippen LogP contribution in [0.2, 0.25) is 0 Å². The summed E-state index contributed by atoms with van der Waals surface area (Å²) in [7, 11) is 0. The number of nitrogens with one attached hydrogen (secondary N) is 2. The Kier molecular flexibility index (Phi) is 9.38. The molecule has 2 aliphatic heterocycles. The van der Waals surface area contributed by atoms with Crippen molar-refractivity contribution < 1.29 is 27.5 Å². The number of rotatable bonds is 10. The maximum Gasteiger partial charge on any atom is 0.389 e. The molecule has 0 atom stereocenters. The third kappa shape index (κ3) is 7.85. The Hall–Kier alpha value is -3.97. The van der Waals surface area contributed by atoms with Gasteiger partial charge in [0.2, 0.25) is 11.9 Å². The zero-order valence-electron chi connectivity index (χ0n) is 23.2. The van der Waals surface area contributed by atoms with Crippen LogP contribution >= 0.6 is 0 Å². The Morgan fingerprint density at radius 3 is 2.55 bits per heavy atom. The van der Waals surface area contributed by atoms with Gasteiger partial charge in [-0.3, -0.25) is 14.5 Å². The van der Waals surface area contributed by atoms with E-state index in [4.69, 9.17) is 4.74 Å². The summed E-state index contributed by atoms with van der Waals surface area (Å²) in [5.74, 6) is -0.245. The largest absolute Gasteiger partial charge is 0.389 e. The van der Waals surface area contributed by atoms with Crippen LogP contribution in [-0.4, -0.2) is 94.9 Å². The van der Waals surface area contributed by atoms with Crippen molar-refractivity contribution in [2.24, 2.45) is 0 Å². The van der Waals surface area contributed by atoms with E-state index in [1.54, 1.807) is 35.0 Å². The van der Waals surface area contributed by atoms with Crippen LogP contribution in [0.5, 0.6) is 0 Å². The van der Waals surface area contributed by atoms with Crippen LogP contribution in [0.1, 0.15) is 41.6 Å². The van der Waals surface area contributed by atoms with Gasteiger partial charge in [0.15, 0.2) is 5.65 Å². The summed E-state index contributed by atoms with van der Waals surface area (Å²) >= 11 is 0. The number of aromatic nitrogens is 3. The molecule has 0 saturated carbocycles. The van der Waals surface area contributed by atoms with Gasteiger partial charge in [0.05, 0.1) is 19.6 Å². The fourth-order valence-corrected chi connectivity index (χ4v) is 5.02. The van der Waals surface area contributed by atoms with Crippen LogP contribution in [0.3, 0.4) is 0 Å². The lowest BCUT2D eigenvalue weighted by Crippen LogP contribution is -2.38. The quantitative estimate of drug-likeness (QED) is 0.348. The van der Waals surface area contributed by atoms with Crippen LogP contribution in [-0.2, 0) is 9.53 Å². The van der Waals surface area contributed by atoms with Crippen LogP contribution in [0, 0.1) is 0 Å². The highest BCUT2D eigenvalue weighted by Gasteiger charge is 2.29. The Morgan fingerprint density at radius 1 is 1.05 bits per heavy atom. The SMILES string of the molecule is O=C(NCCCN1CCOCC1)c1ccc(Nc2nc3c(C4=CCN(C(=O)CCC(F)(F)F)CC4)cccn3n2)cc1. The van der Waals surface area contributed by atoms with Crippen molar-refractivity contribution in [3.63, 3.8) is 0 Å². The Balaban J connectivity index is 1.15. The van der Waals surface area contributed by atoms with E-state index in [9.17, 15) is 22.8 Å². The highest BCUT2D eigenvalue weighted by Crippen LogP contribution is 2.28. The van der Waals surface area contributed by atoms with Gasteiger partial charge in [0.25, 0.3) is 5.91 Å². The van der Waals surface area contributed by atoms with E-state index in [1.165, 1.54) is 4.90 Å². The number of amides is 2. The zero-order chi connectivity index (χ0) is 29.5. The molecule has 2 N–H and O–H groups in total. The molecule has 5 rings (SSSR count). The number of carbonyl (C=O) groups is 2. The van der Waals surface area contributed by atoms with Crippen molar-refractivity contribution in [1.29, 1.82) is 0 Å².